The monoisotopic (exact) mass is 343 g/mol. The molecule has 2 N–H and O–H groups in total. The zero-order valence-corrected chi connectivity index (χ0v) is 14.7. The summed E-state index contributed by atoms with van der Waals surface area (Å²) in [6.45, 7) is 3.33. The van der Waals surface area contributed by atoms with Crippen molar-refractivity contribution in [3.8, 4) is 0 Å². The van der Waals surface area contributed by atoms with Gasteiger partial charge in [0.25, 0.3) is 10.0 Å². The molecular weight excluding hydrogens is 318 g/mol. The van der Waals surface area contributed by atoms with E-state index in [1.807, 2.05) is 11.9 Å². The lowest BCUT2D eigenvalue weighted by atomic mass is 10.2. The molecule has 1 amide bonds. The summed E-state index contributed by atoms with van der Waals surface area (Å²) in [6, 6.07) is 0.211. The smallest absolute Gasteiger partial charge is 0.259 e. The molecule has 1 aliphatic heterocycles. The fraction of sp³-hybridized carbons (Fsp3) is 0.714. The summed E-state index contributed by atoms with van der Waals surface area (Å²) >= 11 is 0. The van der Waals surface area contributed by atoms with Crippen molar-refractivity contribution in [2.24, 2.45) is 7.05 Å². The van der Waals surface area contributed by atoms with Gasteiger partial charge in [0.1, 0.15) is 5.82 Å². The Bertz CT molecular complexity index is 636. The molecule has 9 heteroatoms. The highest BCUT2D eigenvalue weighted by Crippen LogP contribution is 2.17. The van der Waals surface area contributed by atoms with Crippen LogP contribution < -0.4 is 10.0 Å². The molecule has 0 spiro atoms. The molecule has 1 aliphatic rings. The van der Waals surface area contributed by atoms with E-state index < -0.39 is 10.0 Å². The van der Waals surface area contributed by atoms with Crippen LogP contribution in [0.1, 0.15) is 25.1 Å². The van der Waals surface area contributed by atoms with Gasteiger partial charge in [-0.15, -0.1) is 0 Å². The van der Waals surface area contributed by atoms with Crippen LogP contribution in [-0.4, -0.2) is 61.5 Å². The molecule has 1 aromatic rings. The molecule has 0 saturated carbocycles. The molecule has 0 bridgehead atoms. The van der Waals surface area contributed by atoms with E-state index in [2.05, 4.69) is 15.0 Å². The minimum Gasteiger partial charge on any atom is -0.338 e. The van der Waals surface area contributed by atoms with Crippen LogP contribution in [0.25, 0.3) is 0 Å². The van der Waals surface area contributed by atoms with Gasteiger partial charge in [0, 0.05) is 45.3 Å². The fourth-order valence-corrected chi connectivity index (χ4v) is 3.85. The van der Waals surface area contributed by atoms with E-state index in [-0.39, 0.29) is 29.9 Å². The molecule has 23 heavy (non-hydrogen) atoms. The highest BCUT2D eigenvalue weighted by molar-refractivity contribution is 7.89. The van der Waals surface area contributed by atoms with Crippen molar-refractivity contribution in [2.45, 2.75) is 37.3 Å². The average Bonchev–Trinajstić information content (AvgIpc) is 3.07. The number of likely N-dealkylation sites (tertiary alicyclic amines) is 1. The van der Waals surface area contributed by atoms with Gasteiger partial charge in [-0.05, 0) is 26.8 Å². The van der Waals surface area contributed by atoms with Gasteiger partial charge in [-0.3, -0.25) is 4.79 Å². The number of nitrogens with zero attached hydrogens (tertiary/aromatic N) is 3. The minimum absolute atomic E-state index is 0.0114. The summed E-state index contributed by atoms with van der Waals surface area (Å²) in [5, 5.41) is 3.07. The Hall–Kier alpha value is -1.45. The van der Waals surface area contributed by atoms with Crippen LogP contribution in [0, 0.1) is 6.92 Å². The van der Waals surface area contributed by atoms with E-state index in [1.54, 1.807) is 18.5 Å². The first-order valence-corrected chi connectivity index (χ1v) is 9.27. The Morgan fingerprint density at radius 2 is 2.22 bits per heavy atom. The predicted molar refractivity (Wildman–Crippen MR) is 86.4 cm³/mol. The van der Waals surface area contributed by atoms with E-state index in [0.29, 0.717) is 5.82 Å². The van der Waals surface area contributed by atoms with Crippen molar-refractivity contribution in [1.82, 2.24) is 24.5 Å². The van der Waals surface area contributed by atoms with Gasteiger partial charge >= 0.3 is 0 Å². The number of sulfonamides is 1. The molecule has 0 radical (unpaired) electrons. The summed E-state index contributed by atoms with van der Waals surface area (Å²) in [4.78, 5) is 18.1. The van der Waals surface area contributed by atoms with Crippen LogP contribution in [0.2, 0.25) is 0 Å². The Kier molecular flexibility index (Phi) is 5.77. The zero-order valence-electron chi connectivity index (χ0n) is 13.9. The third kappa shape index (κ3) is 4.30. The summed E-state index contributed by atoms with van der Waals surface area (Å²) in [5.41, 5.74) is 0. The number of carbonyl (C=O) groups excluding carboxylic acids is 1. The number of carbonyl (C=O) groups is 1. The number of imidazole rings is 1. The van der Waals surface area contributed by atoms with Crippen LogP contribution in [0.4, 0.5) is 0 Å². The van der Waals surface area contributed by atoms with Gasteiger partial charge in [-0.1, -0.05) is 0 Å². The third-order valence-electron chi connectivity index (χ3n) is 4.13. The van der Waals surface area contributed by atoms with E-state index in [0.717, 1.165) is 25.9 Å². The van der Waals surface area contributed by atoms with E-state index in [1.165, 1.54) is 6.20 Å². The number of aryl methyl sites for hydroxylation is 2. The van der Waals surface area contributed by atoms with Crippen LogP contribution in [0.5, 0.6) is 0 Å². The quantitative estimate of drug-likeness (QED) is 0.703. The maximum absolute atomic E-state index is 12.3. The minimum atomic E-state index is -3.67. The zero-order chi connectivity index (χ0) is 17.0. The first kappa shape index (κ1) is 17.9. The molecule has 8 nitrogen and oxygen atoms in total. The number of hydrogen-bond acceptors (Lipinski definition) is 5. The second kappa shape index (κ2) is 7.41. The van der Waals surface area contributed by atoms with Gasteiger partial charge in [-0.25, -0.2) is 18.1 Å². The van der Waals surface area contributed by atoms with Crippen molar-refractivity contribution in [2.75, 3.05) is 26.7 Å². The highest BCUT2D eigenvalue weighted by Gasteiger charge is 2.28. The summed E-state index contributed by atoms with van der Waals surface area (Å²) in [7, 11) is -0.0686. The Morgan fingerprint density at radius 3 is 2.83 bits per heavy atom. The predicted octanol–water partition coefficient (Wildman–Crippen LogP) is -0.393. The van der Waals surface area contributed by atoms with Gasteiger partial charge in [0.2, 0.25) is 5.91 Å². The lowest BCUT2D eigenvalue weighted by molar-refractivity contribution is -0.131. The molecule has 2 rings (SSSR count). The summed E-state index contributed by atoms with van der Waals surface area (Å²) in [5.74, 6) is 0.607. The van der Waals surface area contributed by atoms with Gasteiger partial charge < -0.3 is 14.8 Å². The lowest BCUT2D eigenvalue weighted by Gasteiger charge is -2.24. The van der Waals surface area contributed by atoms with Crippen molar-refractivity contribution >= 4 is 15.9 Å². The first-order chi connectivity index (χ1) is 10.8. The van der Waals surface area contributed by atoms with Crippen LogP contribution in [-0.2, 0) is 21.9 Å². The number of likely N-dealkylation sites (N-methyl/N-ethyl adjacent to an activating group) is 1. The van der Waals surface area contributed by atoms with Crippen molar-refractivity contribution < 1.29 is 13.2 Å². The molecule has 1 atom stereocenters. The normalized spacial score (nSPS) is 18.6. The molecule has 0 aliphatic carbocycles. The molecule has 1 saturated heterocycles. The molecule has 1 aromatic heterocycles. The number of amides is 1. The maximum Gasteiger partial charge on any atom is 0.259 e. The van der Waals surface area contributed by atoms with Crippen molar-refractivity contribution in [3.05, 3.63) is 12.0 Å². The van der Waals surface area contributed by atoms with Gasteiger partial charge in [0.05, 0.1) is 0 Å². The second-order valence-corrected chi connectivity index (χ2v) is 7.54. The molecule has 2 heterocycles. The largest absolute Gasteiger partial charge is 0.338 e. The molecule has 1 unspecified atom stereocenters. The molecule has 0 aromatic carbocycles. The average molecular weight is 343 g/mol. The number of aromatic nitrogens is 2. The number of rotatable bonds is 7. The fourth-order valence-electron chi connectivity index (χ4n) is 2.78. The Labute approximate surface area is 137 Å². The Balaban J connectivity index is 1.87. The number of nitrogens with one attached hydrogen (secondary N) is 2. The van der Waals surface area contributed by atoms with Crippen molar-refractivity contribution in [1.29, 1.82) is 0 Å². The SMILES string of the molecule is CNCC1CCCN1C(=O)CCNS(=O)(=O)c1cn(C)c(C)n1. The summed E-state index contributed by atoms with van der Waals surface area (Å²) in [6.07, 6.45) is 3.61. The van der Waals surface area contributed by atoms with E-state index in [4.69, 9.17) is 0 Å². The third-order valence-corrected chi connectivity index (χ3v) is 5.46. The Morgan fingerprint density at radius 1 is 1.48 bits per heavy atom. The first-order valence-electron chi connectivity index (χ1n) is 7.79. The van der Waals surface area contributed by atoms with Crippen LogP contribution >= 0.6 is 0 Å². The second-order valence-electron chi connectivity index (χ2n) is 5.83. The maximum atomic E-state index is 12.3. The van der Waals surface area contributed by atoms with E-state index >= 15 is 0 Å². The lowest BCUT2D eigenvalue weighted by Crippen LogP contribution is -2.42. The molecule has 1 fully saturated rings. The van der Waals surface area contributed by atoms with Crippen LogP contribution in [0.15, 0.2) is 11.2 Å². The highest BCUT2D eigenvalue weighted by atomic mass is 32.2. The number of hydrogen-bond donors (Lipinski definition) is 2. The standard InChI is InChI=1S/C14H25N5O3S/c1-11-17-13(10-18(11)3)23(21,22)16-7-6-14(20)19-8-4-5-12(19)9-15-2/h10,12,15-16H,4-9H2,1-3H3. The van der Waals surface area contributed by atoms with Gasteiger partial charge in [-0.2, -0.15) is 0 Å². The van der Waals surface area contributed by atoms with Crippen molar-refractivity contribution in [3.63, 3.8) is 0 Å². The molecular formula is C14H25N5O3S. The van der Waals surface area contributed by atoms with Gasteiger partial charge in [0.15, 0.2) is 5.03 Å². The van der Waals surface area contributed by atoms with Crippen LogP contribution in [0.3, 0.4) is 0 Å². The summed E-state index contributed by atoms with van der Waals surface area (Å²) < 4.78 is 28.4. The molecule has 130 valence electrons. The van der Waals surface area contributed by atoms with E-state index in [9.17, 15) is 13.2 Å². The topological polar surface area (TPSA) is 96.3 Å².